The molecule has 1 saturated heterocycles. The van der Waals surface area contributed by atoms with Crippen LogP contribution in [0.25, 0.3) is 0 Å². The van der Waals surface area contributed by atoms with Crippen LogP contribution in [-0.4, -0.2) is 38.0 Å². The van der Waals surface area contributed by atoms with E-state index in [0.717, 1.165) is 31.9 Å². The lowest BCUT2D eigenvalue weighted by Crippen LogP contribution is -2.28. The van der Waals surface area contributed by atoms with Crippen molar-refractivity contribution in [2.45, 2.75) is 57.0 Å². The summed E-state index contributed by atoms with van der Waals surface area (Å²) in [4.78, 5) is 20.1. The Labute approximate surface area is 164 Å². The van der Waals surface area contributed by atoms with E-state index in [1.165, 1.54) is 16.9 Å². The van der Waals surface area contributed by atoms with Crippen LogP contribution < -0.4 is 16.2 Å². The van der Waals surface area contributed by atoms with E-state index in [-0.39, 0.29) is 23.3 Å². The van der Waals surface area contributed by atoms with Gasteiger partial charge < -0.3 is 15.4 Å². The number of ether oxygens (including phenoxy) is 1. The molecule has 0 bridgehead atoms. The van der Waals surface area contributed by atoms with Crippen molar-refractivity contribution in [1.82, 2.24) is 19.7 Å². The van der Waals surface area contributed by atoms with Gasteiger partial charge in [0, 0.05) is 24.4 Å². The Morgan fingerprint density at radius 2 is 2.14 bits per heavy atom. The highest BCUT2D eigenvalue weighted by Crippen LogP contribution is 2.39. The van der Waals surface area contributed by atoms with Crippen LogP contribution in [0.2, 0.25) is 0 Å². The highest BCUT2D eigenvalue weighted by atomic mass is 19.4. The van der Waals surface area contributed by atoms with Gasteiger partial charge in [0.05, 0.1) is 24.5 Å². The normalized spacial score (nSPS) is 20.5. The number of nitrogens with zero attached hydrogens (tertiary/aromatic N) is 4. The first-order chi connectivity index (χ1) is 13.7. The number of nitrogens with one attached hydrogen (secondary N) is 2. The Hall–Kier alpha value is -2.69. The number of anilines is 3. The number of alkyl halides is 3. The van der Waals surface area contributed by atoms with Crippen molar-refractivity contribution in [2.75, 3.05) is 17.2 Å². The van der Waals surface area contributed by atoms with Crippen molar-refractivity contribution < 1.29 is 17.9 Å². The number of aromatic nitrogens is 4. The maximum absolute atomic E-state index is 13.4. The lowest BCUT2D eigenvalue weighted by Gasteiger charge is -2.17. The Morgan fingerprint density at radius 1 is 1.34 bits per heavy atom. The lowest BCUT2D eigenvalue weighted by atomic mass is 10.2. The van der Waals surface area contributed by atoms with Crippen LogP contribution in [-0.2, 0) is 17.5 Å². The molecule has 1 aliphatic carbocycles. The predicted octanol–water partition coefficient (Wildman–Crippen LogP) is 2.94. The summed E-state index contributed by atoms with van der Waals surface area (Å²) in [7, 11) is 0. The lowest BCUT2D eigenvalue weighted by molar-refractivity contribution is -0.137. The fourth-order valence-electron chi connectivity index (χ4n) is 3.08. The van der Waals surface area contributed by atoms with Crippen LogP contribution >= 0.6 is 0 Å². The average molecular weight is 410 g/mol. The monoisotopic (exact) mass is 410 g/mol. The van der Waals surface area contributed by atoms with E-state index in [1.807, 2.05) is 6.92 Å². The fourth-order valence-corrected chi connectivity index (χ4v) is 3.08. The second-order valence-corrected chi connectivity index (χ2v) is 7.66. The van der Waals surface area contributed by atoms with Gasteiger partial charge in [-0.15, -0.1) is 0 Å². The van der Waals surface area contributed by atoms with Crippen molar-refractivity contribution >= 4 is 17.5 Å². The first-order valence-electron chi connectivity index (χ1n) is 9.40. The minimum Gasteiger partial charge on any atom is -0.376 e. The molecule has 3 heterocycles. The van der Waals surface area contributed by atoms with Gasteiger partial charge in [-0.3, -0.25) is 4.79 Å². The maximum Gasteiger partial charge on any atom is 0.421 e. The van der Waals surface area contributed by atoms with Crippen LogP contribution in [0.4, 0.5) is 30.6 Å². The molecule has 1 aliphatic heterocycles. The zero-order valence-electron chi connectivity index (χ0n) is 15.8. The predicted molar refractivity (Wildman–Crippen MR) is 99.0 cm³/mol. The molecule has 2 aromatic rings. The summed E-state index contributed by atoms with van der Waals surface area (Å²) in [6.07, 6.45) is 0.881. The third kappa shape index (κ3) is 4.66. The van der Waals surface area contributed by atoms with Gasteiger partial charge in [-0.25, -0.2) is 9.67 Å². The van der Waals surface area contributed by atoms with E-state index in [2.05, 4.69) is 25.7 Å². The van der Waals surface area contributed by atoms with Crippen molar-refractivity contribution in [3.63, 3.8) is 0 Å². The van der Waals surface area contributed by atoms with Gasteiger partial charge in [0.2, 0.25) is 5.95 Å². The van der Waals surface area contributed by atoms with E-state index < -0.39 is 23.1 Å². The van der Waals surface area contributed by atoms with E-state index in [1.54, 1.807) is 0 Å². The molecular formula is C18H21F3N6O2. The van der Waals surface area contributed by atoms with Gasteiger partial charge in [-0.1, -0.05) is 0 Å². The van der Waals surface area contributed by atoms with Gasteiger partial charge in [0.1, 0.15) is 11.4 Å². The van der Waals surface area contributed by atoms with E-state index >= 15 is 0 Å². The average Bonchev–Trinajstić information content (AvgIpc) is 3.14. The minimum atomic E-state index is -4.65. The van der Waals surface area contributed by atoms with Crippen molar-refractivity contribution in [2.24, 2.45) is 0 Å². The molecular weight excluding hydrogens is 389 g/mol. The molecule has 1 unspecified atom stereocenters. The molecule has 8 nitrogen and oxygen atoms in total. The van der Waals surface area contributed by atoms with Gasteiger partial charge >= 0.3 is 6.18 Å². The molecule has 1 atom stereocenters. The minimum absolute atomic E-state index is 0.0740. The number of rotatable bonds is 6. The van der Waals surface area contributed by atoms with Crippen molar-refractivity contribution in [3.8, 4) is 0 Å². The Bertz CT molecular complexity index is 951. The summed E-state index contributed by atoms with van der Waals surface area (Å²) >= 11 is 0. The third-order valence-corrected chi connectivity index (χ3v) is 5.04. The molecule has 2 N–H and O–H groups in total. The zero-order valence-corrected chi connectivity index (χ0v) is 15.8. The van der Waals surface area contributed by atoms with Crippen LogP contribution in [0, 0.1) is 0 Å². The van der Waals surface area contributed by atoms with E-state index in [0.29, 0.717) is 13.2 Å². The standard InChI is InChI=1S/C18H21F3N6O2/c1-17(4-5-17)26-16-22-9-13(18(19,20)21)15(25-16)24-11-7-14(28)27(23-8-11)10-12-3-2-6-29-12/h7-9,12H,2-6,10H2,1H3,(H2,22,24,25,26). The van der Waals surface area contributed by atoms with Crippen LogP contribution in [0.1, 0.15) is 38.2 Å². The smallest absolute Gasteiger partial charge is 0.376 e. The molecule has 11 heteroatoms. The van der Waals surface area contributed by atoms with Gasteiger partial charge in [-0.2, -0.15) is 23.3 Å². The maximum atomic E-state index is 13.4. The summed E-state index contributed by atoms with van der Waals surface area (Å²) in [5.41, 5.74) is -1.53. The van der Waals surface area contributed by atoms with Gasteiger partial charge in [0.15, 0.2) is 0 Å². The SMILES string of the molecule is CC1(Nc2ncc(C(F)(F)F)c(Nc3cnn(CC4CCCO4)c(=O)c3)n2)CC1. The summed E-state index contributed by atoms with van der Waals surface area (Å²) in [6.45, 7) is 2.91. The third-order valence-electron chi connectivity index (χ3n) is 5.04. The van der Waals surface area contributed by atoms with Gasteiger partial charge in [0.25, 0.3) is 5.56 Å². The highest BCUT2D eigenvalue weighted by molar-refractivity contribution is 5.60. The molecule has 4 rings (SSSR count). The molecule has 0 aromatic carbocycles. The van der Waals surface area contributed by atoms with Crippen LogP contribution in [0.3, 0.4) is 0 Å². The molecule has 0 amide bonds. The quantitative estimate of drug-likeness (QED) is 0.756. The Morgan fingerprint density at radius 3 is 2.76 bits per heavy atom. The summed E-state index contributed by atoms with van der Waals surface area (Å²) in [5.74, 6) is -0.336. The summed E-state index contributed by atoms with van der Waals surface area (Å²) in [6, 6.07) is 1.19. The molecule has 0 radical (unpaired) electrons. The number of hydrogen-bond acceptors (Lipinski definition) is 7. The summed E-state index contributed by atoms with van der Waals surface area (Å²) in [5, 5.41) is 9.65. The molecule has 2 aliphatic rings. The fraction of sp³-hybridized carbons (Fsp3) is 0.556. The second kappa shape index (κ2) is 7.29. The Balaban J connectivity index is 1.57. The topological polar surface area (TPSA) is 94.0 Å². The first-order valence-corrected chi connectivity index (χ1v) is 9.40. The molecule has 2 fully saturated rings. The molecule has 156 valence electrons. The van der Waals surface area contributed by atoms with Crippen molar-refractivity contribution in [3.05, 3.63) is 34.4 Å². The Kier molecular flexibility index (Phi) is 4.93. The molecule has 2 aromatic heterocycles. The van der Waals surface area contributed by atoms with Crippen LogP contribution in [0.5, 0.6) is 0 Å². The summed E-state index contributed by atoms with van der Waals surface area (Å²) < 4.78 is 46.8. The number of halogens is 3. The first kappa shape index (κ1) is 19.6. The van der Waals surface area contributed by atoms with Crippen LogP contribution in [0.15, 0.2) is 23.3 Å². The molecule has 29 heavy (non-hydrogen) atoms. The second-order valence-electron chi connectivity index (χ2n) is 7.66. The van der Waals surface area contributed by atoms with E-state index in [9.17, 15) is 18.0 Å². The van der Waals surface area contributed by atoms with E-state index in [4.69, 9.17) is 4.74 Å². The largest absolute Gasteiger partial charge is 0.421 e. The molecule has 0 spiro atoms. The van der Waals surface area contributed by atoms with Crippen molar-refractivity contribution in [1.29, 1.82) is 0 Å². The van der Waals surface area contributed by atoms with Gasteiger partial charge in [-0.05, 0) is 32.6 Å². The molecule has 1 saturated carbocycles. The number of hydrogen-bond donors (Lipinski definition) is 2. The zero-order chi connectivity index (χ0) is 20.6. The highest BCUT2D eigenvalue weighted by Gasteiger charge is 2.39.